The van der Waals surface area contributed by atoms with Crippen molar-refractivity contribution < 1.29 is 13.9 Å². The number of carbonyl (C=O) groups excluding carboxylic acids is 1. The Balaban J connectivity index is 2.78. The molecular formula is C9H11FN2O2. The van der Waals surface area contributed by atoms with Gasteiger partial charge in [-0.25, -0.2) is 4.39 Å². The monoisotopic (exact) mass is 198 g/mol. The molecule has 1 unspecified atom stereocenters. The average Bonchev–Trinajstić information content (AvgIpc) is 2.18. The van der Waals surface area contributed by atoms with Crippen molar-refractivity contribution in [3.8, 4) is 5.75 Å². The first-order valence-electron chi connectivity index (χ1n) is 4.12. The smallest absolute Gasteiger partial charge is 0.267 e. The number of aromatic nitrogens is 1. The largest absolute Gasteiger partial charge is 0.488 e. The molecule has 0 spiro atoms. The lowest BCUT2D eigenvalue weighted by Gasteiger charge is -2.10. The Morgan fingerprint density at radius 2 is 2.50 bits per heavy atom. The summed E-state index contributed by atoms with van der Waals surface area (Å²) in [4.78, 5) is 14.5. The van der Waals surface area contributed by atoms with Crippen LogP contribution in [0.1, 0.15) is 17.4 Å². The predicted octanol–water partition coefficient (Wildman–Crippen LogP) is 0.917. The molecule has 14 heavy (non-hydrogen) atoms. The van der Waals surface area contributed by atoms with Crippen LogP contribution in [0, 0.1) is 0 Å². The highest BCUT2D eigenvalue weighted by molar-refractivity contribution is 5.91. The maximum absolute atomic E-state index is 12.1. The molecular weight excluding hydrogens is 187 g/mol. The highest BCUT2D eigenvalue weighted by Crippen LogP contribution is 2.12. The van der Waals surface area contributed by atoms with Crippen molar-refractivity contribution in [3.05, 3.63) is 24.0 Å². The standard InChI is InChI=1S/C9H11FN2O2/c1-6(5-10)14-7-2-3-12-8(4-7)9(11)13/h2-4,6H,5H2,1H3,(H2,11,13). The second-order valence-electron chi connectivity index (χ2n) is 2.82. The van der Waals surface area contributed by atoms with E-state index in [0.29, 0.717) is 5.75 Å². The lowest BCUT2D eigenvalue weighted by Crippen LogP contribution is -2.16. The molecule has 2 N–H and O–H groups in total. The molecule has 0 aliphatic rings. The van der Waals surface area contributed by atoms with Gasteiger partial charge in [-0.15, -0.1) is 0 Å². The van der Waals surface area contributed by atoms with Gasteiger partial charge in [0.05, 0.1) is 0 Å². The highest BCUT2D eigenvalue weighted by Gasteiger charge is 2.06. The average molecular weight is 198 g/mol. The molecule has 1 atom stereocenters. The first-order chi connectivity index (χ1) is 6.63. The number of alkyl halides is 1. The zero-order chi connectivity index (χ0) is 10.6. The van der Waals surface area contributed by atoms with Gasteiger partial charge >= 0.3 is 0 Å². The van der Waals surface area contributed by atoms with Crippen LogP contribution in [0.25, 0.3) is 0 Å². The number of ether oxygens (including phenoxy) is 1. The maximum atomic E-state index is 12.1. The van der Waals surface area contributed by atoms with Crippen LogP contribution in [0.3, 0.4) is 0 Å². The highest BCUT2D eigenvalue weighted by atomic mass is 19.1. The van der Waals surface area contributed by atoms with Gasteiger partial charge in [-0.2, -0.15) is 0 Å². The van der Waals surface area contributed by atoms with Crippen molar-refractivity contribution in [2.75, 3.05) is 6.67 Å². The molecule has 1 aromatic heterocycles. The Kier molecular flexibility index (Phi) is 3.39. The first-order valence-corrected chi connectivity index (χ1v) is 4.12. The summed E-state index contributed by atoms with van der Waals surface area (Å²) < 4.78 is 17.2. The van der Waals surface area contributed by atoms with Gasteiger partial charge in [0.1, 0.15) is 24.2 Å². The first kappa shape index (κ1) is 10.4. The van der Waals surface area contributed by atoms with Gasteiger partial charge in [-0.1, -0.05) is 0 Å². The molecule has 0 radical (unpaired) electrons. The summed E-state index contributed by atoms with van der Waals surface area (Å²) in [7, 11) is 0. The molecule has 0 fully saturated rings. The fraction of sp³-hybridized carbons (Fsp3) is 0.333. The number of pyridine rings is 1. The molecule has 1 rings (SSSR count). The van der Waals surface area contributed by atoms with Crippen molar-refractivity contribution >= 4 is 5.91 Å². The molecule has 0 aliphatic heterocycles. The quantitative estimate of drug-likeness (QED) is 0.782. The van der Waals surface area contributed by atoms with Crippen molar-refractivity contribution in [3.63, 3.8) is 0 Å². The predicted molar refractivity (Wildman–Crippen MR) is 48.8 cm³/mol. The van der Waals surface area contributed by atoms with E-state index in [1.165, 1.54) is 12.3 Å². The molecule has 0 aliphatic carbocycles. The lowest BCUT2D eigenvalue weighted by molar-refractivity contribution is 0.0994. The third kappa shape index (κ3) is 2.69. The van der Waals surface area contributed by atoms with Gasteiger partial charge in [0.15, 0.2) is 0 Å². The molecule has 0 saturated carbocycles. The number of nitrogens with two attached hydrogens (primary N) is 1. The second-order valence-corrected chi connectivity index (χ2v) is 2.82. The maximum Gasteiger partial charge on any atom is 0.267 e. The van der Waals surface area contributed by atoms with E-state index >= 15 is 0 Å². The Bertz CT molecular complexity index is 330. The number of halogens is 1. The topological polar surface area (TPSA) is 65.2 Å². The zero-order valence-electron chi connectivity index (χ0n) is 7.74. The molecule has 1 aromatic rings. The third-order valence-electron chi connectivity index (χ3n) is 1.54. The number of hydrogen-bond acceptors (Lipinski definition) is 3. The van der Waals surface area contributed by atoms with Crippen molar-refractivity contribution in [2.45, 2.75) is 13.0 Å². The van der Waals surface area contributed by atoms with Crippen LogP contribution in [0.2, 0.25) is 0 Å². The van der Waals surface area contributed by atoms with E-state index in [4.69, 9.17) is 10.5 Å². The van der Waals surface area contributed by atoms with E-state index in [0.717, 1.165) is 0 Å². The van der Waals surface area contributed by atoms with E-state index in [1.54, 1.807) is 13.0 Å². The number of rotatable bonds is 4. The summed E-state index contributed by atoms with van der Waals surface area (Å²) in [6.07, 6.45) is 0.846. The third-order valence-corrected chi connectivity index (χ3v) is 1.54. The van der Waals surface area contributed by atoms with Gasteiger partial charge in [0.25, 0.3) is 5.91 Å². The molecule has 1 amide bonds. The van der Waals surface area contributed by atoms with E-state index in [2.05, 4.69) is 4.98 Å². The number of nitrogens with zero attached hydrogens (tertiary/aromatic N) is 1. The molecule has 5 heteroatoms. The summed E-state index contributed by atoms with van der Waals surface area (Å²) in [6, 6.07) is 2.92. The van der Waals surface area contributed by atoms with E-state index < -0.39 is 18.7 Å². The van der Waals surface area contributed by atoms with Crippen molar-refractivity contribution in [1.29, 1.82) is 0 Å². The van der Waals surface area contributed by atoms with E-state index in [9.17, 15) is 9.18 Å². The molecule has 1 heterocycles. The van der Waals surface area contributed by atoms with Gasteiger partial charge in [-0.05, 0) is 13.0 Å². The minimum absolute atomic E-state index is 0.105. The number of primary amides is 1. The fourth-order valence-corrected chi connectivity index (χ4v) is 0.883. The Labute approximate surface area is 80.9 Å². The van der Waals surface area contributed by atoms with Gasteiger partial charge < -0.3 is 10.5 Å². The van der Waals surface area contributed by atoms with Crippen LogP contribution in [-0.2, 0) is 0 Å². The Morgan fingerprint density at radius 3 is 3.07 bits per heavy atom. The summed E-state index contributed by atoms with van der Waals surface area (Å²) in [5.74, 6) is -0.248. The second kappa shape index (κ2) is 4.55. The van der Waals surface area contributed by atoms with E-state index in [1.807, 2.05) is 0 Å². The SMILES string of the molecule is CC(CF)Oc1ccnc(C(N)=O)c1. The van der Waals surface area contributed by atoms with Crippen LogP contribution in [-0.4, -0.2) is 23.7 Å². The Morgan fingerprint density at radius 1 is 1.79 bits per heavy atom. The summed E-state index contributed by atoms with van der Waals surface area (Å²) >= 11 is 0. The van der Waals surface area contributed by atoms with Crippen molar-refractivity contribution in [1.82, 2.24) is 4.98 Å². The molecule has 4 nitrogen and oxygen atoms in total. The fourth-order valence-electron chi connectivity index (χ4n) is 0.883. The minimum Gasteiger partial charge on any atom is -0.488 e. The molecule has 0 saturated heterocycles. The van der Waals surface area contributed by atoms with Crippen molar-refractivity contribution in [2.24, 2.45) is 5.73 Å². The molecule has 76 valence electrons. The van der Waals surface area contributed by atoms with Gasteiger partial charge in [0, 0.05) is 12.3 Å². The summed E-state index contributed by atoms with van der Waals surface area (Å²) in [5, 5.41) is 0. The summed E-state index contributed by atoms with van der Waals surface area (Å²) in [6.45, 7) is 0.999. The van der Waals surface area contributed by atoms with Crippen LogP contribution in [0.15, 0.2) is 18.3 Å². The number of carbonyl (C=O) groups is 1. The van der Waals surface area contributed by atoms with Crippen LogP contribution >= 0.6 is 0 Å². The lowest BCUT2D eigenvalue weighted by atomic mass is 10.3. The van der Waals surface area contributed by atoms with Crippen LogP contribution in [0.5, 0.6) is 5.75 Å². The number of amides is 1. The van der Waals surface area contributed by atoms with Gasteiger partial charge in [-0.3, -0.25) is 9.78 Å². The molecule has 0 bridgehead atoms. The summed E-state index contributed by atoms with van der Waals surface area (Å²) in [5.41, 5.74) is 5.12. The normalized spacial score (nSPS) is 12.1. The zero-order valence-corrected chi connectivity index (χ0v) is 7.74. The molecule has 0 aromatic carbocycles. The Hall–Kier alpha value is -1.65. The van der Waals surface area contributed by atoms with Crippen LogP contribution < -0.4 is 10.5 Å². The number of hydrogen-bond donors (Lipinski definition) is 1. The van der Waals surface area contributed by atoms with Crippen LogP contribution in [0.4, 0.5) is 4.39 Å². The van der Waals surface area contributed by atoms with E-state index in [-0.39, 0.29) is 5.69 Å². The van der Waals surface area contributed by atoms with Gasteiger partial charge in [0.2, 0.25) is 0 Å². The minimum atomic E-state index is -0.636.